The maximum Gasteiger partial charge on any atom is 2.00 e. The van der Waals surface area contributed by atoms with Gasteiger partial charge in [0.25, 0.3) is 0 Å². The Morgan fingerprint density at radius 2 is 0.640 bits per heavy atom. The van der Waals surface area contributed by atoms with Crippen LogP contribution in [-0.2, 0) is 26.2 Å². The summed E-state index contributed by atoms with van der Waals surface area (Å²) in [6.45, 7) is 13.7. The number of hydrogen-bond acceptors (Lipinski definition) is 6. The van der Waals surface area contributed by atoms with E-state index in [0.717, 1.165) is 0 Å². The van der Waals surface area contributed by atoms with Gasteiger partial charge in [0.05, 0.1) is 0 Å². The standard InChI is InChI=1S/3C5H11NO2.Zr/c3*1-3-6(4-2)5(7)8;/h3*3-4H2,1-2H3,(H,7,8);/q;;;+2/p-3. The third-order valence-corrected chi connectivity index (χ3v) is 3.06. The van der Waals surface area contributed by atoms with Gasteiger partial charge in [0.1, 0.15) is 18.3 Å². The molecule has 146 valence electrons. The van der Waals surface area contributed by atoms with Crippen LogP contribution >= 0.6 is 0 Å². The molecule has 0 aliphatic rings. The summed E-state index contributed by atoms with van der Waals surface area (Å²) in [5.74, 6) is 0. The van der Waals surface area contributed by atoms with E-state index in [4.69, 9.17) is 0 Å². The predicted molar refractivity (Wildman–Crippen MR) is 85.0 cm³/mol. The minimum absolute atomic E-state index is 0. The van der Waals surface area contributed by atoms with Gasteiger partial charge in [0, 0.05) is 39.3 Å². The summed E-state index contributed by atoms with van der Waals surface area (Å²) in [7, 11) is 0. The molecule has 0 aromatic rings. The molecular weight excluding hydrogens is 409 g/mol. The molecule has 0 heterocycles. The molecule has 0 saturated heterocycles. The van der Waals surface area contributed by atoms with Gasteiger partial charge in [-0.2, -0.15) is 0 Å². The van der Waals surface area contributed by atoms with Gasteiger partial charge in [-0.1, -0.05) is 0 Å². The number of carboxylic acid groups (broad SMARTS) is 3. The first-order valence-corrected chi connectivity index (χ1v) is 8.04. The zero-order valence-corrected chi connectivity index (χ0v) is 18.5. The van der Waals surface area contributed by atoms with Crippen molar-refractivity contribution < 1.29 is 55.9 Å². The van der Waals surface area contributed by atoms with Crippen LogP contribution in [0, 0.1) is 0 Å². The molecule has 10 heteroatoms. The molecule has 0 fully saturated rings. The van der Waals surface area contributed by atoms with E-state index in [9.17, 15) is 29.7 Å². The summed E-state index contributed by atoms with van der Waals surface area (Å²) in [6, 6.07) is 0. The van der Waals surface area contributed by atoms with Crippen molar-refractivity contribution in [3.8, 4) is 0 Å². The molecule has 0 atom stereocenters. The number of rotatable bonds is 6. The maximum atomic E-state index is 9.98. The van der Waals surface area contributed by atoms with Crippen LogP contribution < -0.4 is 15.3 Å². The maximum absolute atomic E-state index is 9.98. The Hall–Kier alpha value is -1.31. The van der Waals surface area contributed by atoms with Crippen molar-refractivity contribution in [2.24, 2.45) is 0 Å². The molecule has 25 heavy (non-hydrogen) atoms. The molecule has 0 aliphatic heterocycles. The van der Waals surface area contributed by atoms with Crippen molar-refractivity contribution in [1.82, 2.24) is 14.7 Å². The van der Waals surface area contributed by atoms with Crippen molar-refractivity contribution in [3.05, 3.63) is 0 Å². The zero-order chi connectivity index (χ0) is 19.7. The molecule has 0 bridgehead atoms. The van der Waals surface area contributed by atoms with E-state index in [1.165, 1.54) is 14.7 Å². The normalized spacial score (nSPS) is 8.40. The molecule has 0 saturated carbocycles. The third kappa shape index (κ3) is 18.9. The topological polar surface area (TPSA) is 130 Å². The largest absolute Gasteiger partial charge is 2.00 e. The third-order valence-electron chi connectivity index (χ3n) is 3.06. The van der Waals surface area contributed by atoms with E-state index < -0.39 is 18.3 Å². The van der Waals surface area contributed by atoms with Crippen LogP contribution in [0.1, 0.15) is 41.5 Å². The first-order chi connectivity index (χ1) is 11.2. The number of amides is 3. The van der Waals surface area contributed by atoms with Gasteiger partial charge in [-0.15, -0.1) is 0 Å². The smallest absolute Gasteiger partial charge is 0.530 e. The Balaban J connectivity index is -0.000000130. The van der Waals surface area contributed by atoms with E-state index in [-0.39, 0.29) is 26.2 Å². The number of nitrogens with zero attached hydrogens (tertiary/aromatic N) is 3. The number of carbonyl (C=O) groups excluding carboxylic acids is 3. The van der Waals surface area contributed by atoms with Gasteiger partial charge in [0.2, 0.25) is 0 Å². The summed E-state index contributed by atoms with van der Waals surface area (Å²) in [4.78, 5) is 33.6. The number of hydrogen-bond donors (Lipinski definition) is 0. The molecule has 0 aromatic carbocycles. The fraction of sp³-hybridized carbons (Fsp3) is 0.800. The molecule has 0 rings (SSSR count). The van der Waals surface area contributed by atoms with Crippen LogP contribution in [0.3, 0.4) is 0 Å². The molecule has 9 nitrogen and oxygen atoms in total. The molecule has 0 N–H and O–H groups in total. The average Bonchev–Trinajstić information content (AvgIpc) is 2.51. The molecule has 0 aliphatic carbocycles. The van der Waals surface area contributed by atoms with Crippen molar-refractivity contribution in [2.45, 2.75) is 41.5 Å². The van der Waals surface area contributed by atoms with E-state index in [1.807, 2.05) is 0 Å². The van der Waals surface area contributed by atoms with Crippen LogP contribution in [0.5, 0.6) is 0 Å². The van der Waals surface area contributed by atoms with Gasteiger partial charge >= 0.3 is 26.2 Å². The van der Waals surface area contributed by atoms with Crippen LogP contribution in [0.15, 0.2) is 0 Å². The first-order valence-electron chi connectivity index (χ1n) is 8.04. The summed E-state index contributed by atoms with van der Waals surface area (Å²) in [5.41, 5.74) is 0. The minimum Gasteiger partial charge on any atom is -0.530 e. The molecule has 0 unspecified atom stereocenters. The Kier molecular flexibility index (Phi) is 26.1. The molecular formula is C15H30N3O6Zr-. The first kappa shape index (κ1) is 31.5. The van der Waals surface area contributed by atoms with E-state index >= 15 is 0 Å². The molecule has 3 amide bonds. The Morgan fingerprint density at radius 3 is 0.640 bits per heavy atom. The Morgan fingerprint density at radius 1 is 0.520 bits per heavy atom. The van der Waals surface area contributed by atoms with E-state index in [2.05, 4.69) is 0 Å². The Labute approximate surface area is 169 Å². The second-order valence-corrected chi connectivity index (χ2v) is 4.31. The van der Waals surface area contributed by atoms with Crippen molar-refractivity contribution in [3.63, 3.8) is 0 Å². The zero-order valence-electron chi connectivity index (χ0n) is 16.0. The average molecular weight is 440 g/mol. The second kappa shape index (κ2) is 20.7. The van der Waals surface area contributed by atoms with Crippen LogP contribution in [0.2, 0.25) is 0 Å². The molecule has 0 radical (unpaired) electrons. The van der Waals surface area contributed by atoms with Crippen molar-refractivity contribution in [2.75, 3.05) is 39.3 Å². The van der Waals surface area contributed by atoms with Gasteiger partial charge in [-0.05, 0) is 41.5 Å². The summed E-state index contributed by atoms with van der Waals surface area (Å²) in [5, 5.41) is 29.9. The Bertz CT molecular complexity index is 294. The fourth-order valence-corrected chi connectivity index (χ4v) is 1.45. The SMILES string of the molecule is CCN(CC)C(=O)[O-].CCN(CC)C(=O)[O-].CCN(CC)C(=O)[O-].[Zr+2]. The summed E-state index contributed by atoms with van der Waals surface area (Å²) >= 11 is 0. The summed E-state index contributed by atoms with van der Waals surface area (Å²) in [6.07, 6.45) is -3.26. The van der Waals surface area contributed by atoms with E-state index in [1.54, 1.807) is 41.5 Å². The predicted octanol–water partition coefficient (Wildman–Crippen LogP) is -0.988. The van der Waals surface area contributed by atoms with Crippen molar-refractivity contribution >= 4 is 18.3 Å². The van der Waals surface area contributed by atoms with Gasteiger partial charge in [-0.3, -0.25) is 0 Å². The van der Waals surface area contributed by atoms with Crippen LogP contribution in [-0.4, -0.2) is 72.2 Å². The minimum atomic E-state index is -1.09. The quantitative estimate of drug-likeness (QED) is 0.522. The van der Waals surface area contributed by atoms with Crippen molar-refractivity contribution in [1.29, 1.82) is 0 Å². The van der Waals surface area contributed by atoms with Gasteiger partial charge < -0.3 is 44.4 Å². The fourth-order valence-electron chi connectivity index (χ4n) is 1.45. The molecule has 0 aromatic heterocycles. The van der Waals surface area contributed by atoms with Gasteiger partial charge in [-0.25, -0.2) is 0 Å². The van der Waals surface area contributed by atoms with Crippen LogP contribution in [0.4, 0.5) is 14.4 Å². The van der Waals surface area contributed by atoms with Gasteiger partial charge in [0.15, 0.2) is 0 Å². The molecule has 0 spiro atoms. The second-order valence-electron chi connectivity index (χ2n) is 4.31. The monoisotopic (exact) mass is 438 g/mol. The van der Waals surface area contributed by atoms with E-state index in [0.29, 0.717) is 39.3 Å². The number of carbonyl (C=O) groups is 3. The van der Waals surface area contributed by atoms with Crippen LogP contribution in [0.25, 0.3) is 0 Å². The summed E-state index contributed by atoms with van der Waals surface area (Å²) < 4.78 is 0.